The molecule has 1 amide bonds. The fourth-order valence-electron chi connectivity index (χ4n) is 2.17. The summed E-state index contributed by atoms with van der Waals surface area (Å²) >= 11 is 5.86. The molecule has 2 rings (SSSR count). The van der Waals surface area contributed by atoms with E-state index in [1.807, 2.05) is 24.3 Å². The number of nitrogens with zero attached hydrogens (tertiary/aromatic N) is 2. The first-order valence-corrected chi connectivity index (χ1v) is 6.83. The van der Waals surface area contributed by atoms with Crippen molar-refractivity contribution in [3.63, 3.8) is 0 Å². The summed E-state index contributed by atoms with van der Waals surface area (Å²) in [6.07, 6.45) is -0.183. The molecule has 1 heterocycles. The highest BCUT2D eigenvalue weighted by atomic mass is 35.5. The van der Waals surface area contributed by atoms with Crippen molar-refractivity contribution in [2.45, 2.75) is 6.42 Å². The highest BCUT2D eigenvalue weighted by Crippen LogP contribution is 2.19. The normalized spacial score (nSPS) is 15.1. The number of carbonyl (C=O) groups is 2. The van der Waals surface area contributed by atoms with Crippen LogP contribution in [-0.4, -0.2) is 50.1 Å². The van der Waals surface area contributed by atoms with Crippen molar-refractivity contribution < 1.29 is 14.3 Å². The van der Waals surface area contributed by atoms with Gasteiger partial charge in [-0.3, -0.25) is 9.59 Å². The van der Waals surface area contributed by atoms with Gasteiger partial charge in [0, 0.05) is 36.9 Å². The van der Waals surface area contributed by atoms with E-state index in [9.17, 15) is 9.59 Å². The lowest BCUT2D eigenvalue weighted by atomic mass is 10.2. The minimum absolute atomic E-state index is 0.174. The third-order valence-electron chi connectivity index (χ3n) is 3.35. The molecular weight excluding hydrogens is 280 g/mol. The van der Waals surface area contributed by atoms with Crippen molar-refractivity contribution in [3.8, 4) is 0 Å². The van der Waals surface area contributed by atoms with E-state index in [4.69, 9.17) is 11.6 Å². The fraction of sp³-hybridized carbons (Fsp3) is 0.429. The van der Waals surface area contributed by atoms with Crippen LogP contribution in [0.5, 0.6) is 0 Å². The quantitative estimate of drug-likeness (QED) is 0.627. The van der Waals surface area contributed by atoms with Crippen LogP contribution in [0.25, 0.3) is 0 Å². The summed E-state index contributed by atoms with van der Waals surface area (Å²) < 4.78 is 4.50. The number of amides is 1. The smallest absolute Gasteiger partial charge is 0.315 e. The van der Waals surface area contributed by atoms with Crippen LogP contribution in [-0.2, 0) is 14.3 Å². The number of methoxy groups -OCH3 is 1. The van der Waals surface area contributed by atoms with Crippen LogP contribution in [0.3, 0.4) is 0 Å². The number of hydrogen-bond donors (Lipinski definition) is 0. The summed E-state index contributed by atoms with van der Waals surface area (Å²) in [6, 6.07) is 7.64. The minimum atomic E-state index is -0.491. The van der Waals surface area contributed by atoms with Crippen molar-refractivity contribution in [1.82, 2.24) is 4.90 Å². The summed E-state index contributed by atoms with van der Waals surface area (Å²) in [6.45, 7) is 2.71. The first-order chi connectivity index (χ1) is 9.60. The lowest BCUT2D eigenvalue weighted by Gasteiger charge is -2.36. The van der Waals surface area contributed by atoms with E-state index in [0.717, 1.165) is 18.8 Å². The van der Waals surface area contributed by atoms with E-state index in [0.29, 0.717) is 18.1 Å². The number of anilines is 1. The predicted molar refractivity (Wildman–Crippen MR) is 76.9 cm³/mol. The zero-order valence-electron chi connectivity index (χ0n) is 11.3. The second kappa shape index (κ2) is 6.61. The maximum Gasteiger partial charge on any atom is 0.315 e. The summed E-state index contributed by atoms with van der Waals surface area (Å²) in [7, 11) is 1.29. The van der Waals surface area contributed by atoms with Crippen LogP contribution >= 0.6 is 11.6 Å². The van der Waals surface area contributed by atoms with E-state index >= 15 is 0 Å². The van der Waals surface area contributed by atoms with Crippen molar-refractivity contribution >= 4 is 29.2 Å². The van der Waals surface area contributed by atoms with E-state index < -0.39 is 5.97 Å². The maximum absolute atomic E-state index is 11.8. The molecule has 0 bridgehead atoms. The number of carbonyl (C=O) groups excluding carboxylic acids is 2. The largest absolute Gasteiger partial charge is 0.469 e. The molecule has 0 saturated carbocycles. The van der Waals surface area contributed by atoms with Crippen LogP contribution < -0.4 is 4.90 Å². The topological polar surface area (TPSA) is 49.9 Å². The maximum atomic E-state index is 11.8. The molecule has 1 aromatic rings. The van der Waals surface area contributed by atoms with Gasteiger partial charge in [-0.2, -0.15) is 0 Å². The van der Waals surface area contributed by atoms with Crippen molar-refractivity contribution in [2.75, 3.05) is 38.2 Å². The summed E-state index contributed by atoms with van der Waals surface area (Å²) in [4.78, 5) is 26.8. The number of esters is 1. The molecule has 0 unspecified atom stereocenters. The Morgan fingerprint density at radius 1 is 1.15 bits per heavy atom. The predicted octanol–water partition coefficient (Wildman–Crippen LogP) is 1.55. The molecule has 0 radical (unpaired) electrons. The number of halogens is 1. The second-order valence-electron chi connectivity index (χ2n) is 4.60. The van der Waals surface area contributed by atoms with Crippen LogP contribution in [0.2, 0.25) is 5.02 Å². The van der Waals surface area contributed by atoms with E-state index in [1.54, 1.807) is 4.90 Å². The Bertz CT molecular complexity index is 482. The van der Waals surface area contributed by atoms with E-state index in [2.05, 4.69) is 9.64 Å². The SMILES string of the molecule is COC(=O)CC(=O)N1CCN(c2ccc(Cl)cc2)CC1. The molecule has 6 heteroatoms. The molecule has 0 spiro atoms. The average molecular weight is 297 g/mol. The van der Waals surface area contributed by atoms with Gasteiger partial charge < -0.3 is 14.5 Å². The van der Waals surface area contributed by atoms with Crippen LogP contribution in [0.15, 0.2) is 24.3 Å². The first kappa shape index (κ1) is 14.7. The zero-order valence-corrected chi connectivity index (χ0v) is 12.1. The molecule has 5 nitrogen and oxygen atoms in total. The number of ether oxygens (including phenoxy) is 1. The molecule has 0 atom stereocenters. The number of rotatable bonds is 3. The standard InChI is InChI=1S/C14H17ClN2O3/c1-20-14(19)10-13(18)17-8-6-16(7-9-17)12-4-2-11(15)3-5-12/h2-5H,6-10H2,1H3. The van der Waals surface area contributed by atoms with Gasteiger partial charge in [-0.05, 0) is 24.3 Å². The number of piperazine rings is 1. The molecular formula is C14H17ClN2O3. The summed E-state index contributed by atoms with van der Waals surface area (Å²) in [5.74, 6) is -0.664. The van der Waals surface area contributed by atoms with Gasteiger partial charge in [-0.25, -0.2) is 0 Å². The van der Waals surface area contributed by atoms with Gasteiger partial charge in [0.2, 0.25) is 5.91 Å². The van der Waals surface area contributed by atoms with Gasteiger partial charge in [-0.1, -0.05) is 11.6 Å². The lowest BCUT2D eigenvalue weighted by molar-refractivity contribution is -0.146. The minimum Gasteiger partial charge on any atom is -0.469 e. The Labute approximate surface area is 123 Å². The van der Waals surface area contributed by atoms with Gasteiger partial charge in [0.15, 0.2) is 0 Å². The Morgan fingerprint density at radius 3 is 2.30 bits per heavy atom. The summed E-state index contributed by atoms with van der Waals surface area (Å²) in [5, 5.41) is 0.709. The van der Waals surface area contributed by atoms with Gasteiger partial charge >= 0.3 is 5.97 Å². The van der Waals surface area contributed by atoms with Gasteiger partial charge in [0.05, 0.1) is 7.11 Å². The molecule has 1 aromatic carbocycles. The van der Waals surface area contributed by atoms with Gasteiger partial charge in [0.1, 0.15) is 6.42 Å². The molecule has 1 fully saturated rings. The van der Waals surface area contributed by atoms with Crippen molar-refractivity contribution in [1.29, 1.82) is 0 Å². The monoisotopic (exact) mass is 296 g/mol. The van der Waals surface area contributed by atoms with Crippen molar-refractivity contribution in [2.24, 2.45) is 0 Å². The van der Waals surface area contributed by atoms with Crippen LogP contribution in [0.1, 0.15) is 6.42 Å². The molecule has 1 aliphatic heterocycles. The highest BCUT2D eigenvalue weighted by molar-refractivity contribution is 6.30. The molecule has 0 aliphatic carbocycles. The molecule has 0 aromatic heterocycles. The van der Waals surface area contributed by atoms with Crippen LogP contribution in [0, 0.1) is 0 Å². The Balaban J connectivity index is 1.87. The van der Waals surface area contributed by atoms with Gasteiger partial charge in [0.25, 0.3) is 0 Å². The van der Waals surface area contributed by atoms with E-state index in [-0.39, 0.29) is 12.3 Å². The van der Waals surface area contributed by atoms with Crippen molar-refractivity contribution in [3.05, 3.63) is 29.3 Å². The first-order valence-electron chi connectivity index (χ1n) is 6.45. The molecule has 0 N–H and O–H groups in total. The Kier molecular flexibility index (Phi) is 4.84. The highest BCUT2D eigenvalue weighted by Gasteiger charge is 2.23. The second-order valence-corrected chi connectivity index (χ2v) is 5.03. The lowest BCUT2D eigenvalue weighted by Crippen LogP contribution is -2.49. The Hall–Kier alpha value is -1.75. The molecule has 1 saturated heterocycles. The molecule has 1 aliphatic rings. The van der Waals surface area contributed by atoms with Crippen LogP contribution in [0.4, 0.5) is 5.69 Å². The number of hydrogen-bond acceptors (Lipinski definition) is 4. The zero-order chi connectivity index (χ0) is 14.5. The van der Waals surface area contributed by atoms with E-state index in [1.165, 1.54) is 7.11 Å². The molecule has 20 heavy (non-hydrogen) atoms. The third-order valence-corrected chi connectivity index (χ3v) is 3.60. The summed E-state index contributed by atoms with van der Waals surface area (Å²) in [5.41, 5.74) is 1.09. The fourth-order valence-corrected chi connectivity index (χ4v) is 2.30. The third kappa shape index (κ3) is 3.63. The number of benzene rings is 1. The van der Waals surface area contributed by atoms with Gasteiger partial charge in [-0.15, -0.1) is 0 Å². The Morgan fingerprint density at radius 2 is 1.75 bits per heavy atom. The molecule has 108 valence electrons. The average Bonchev–Trinajstić information content (AvgIpc) is 2.48.